The average molecular weight is 249 g/mol. The molecule has 0 spiro atoms. The van der Waals surface area contributed by atoms with Gasteiger partial charge in [0.05, 0.1) is 5.92 Å². The summed E-state index contributed by atoms with van der Waals surface area (Å²) in [4.78, 5) is 22.8. The van der Waals surface area contributed by atoms with Crippen LogP contribution in [-0.2, 0) is 16.0 Å². The van der Waals surface area contributed by atoms with E-state index in [2.05, 4.69) is 5.32 Å². The summed E-state index contributed by atoms with van der Waals surface area (Å²) in [5, 5.41) is 2.30. The molecule has 1 fully saturated rings. The maximum absolute atomic E-state index is 13.9. The Balaban J connectivity index is 2.34. The molecule has 0 bridgehead atoms. The highest BCUT2D eigenvalue weighted by atomic mass is 19.1. The molecule has 0 saturated carbocycles. The van der Waals surface area contributed by atoms with Gasteiger partial charge in [-0.15, -0.1) is 0 Å². The predicted octanol–water partition coefficient (Wildman–Crippen LogP) is 2.22. The molecule has 3 nitrogen and oxygen atoms in total. The minimum Gasteiger partial charge on any atom is -0.296 e. The molecule has 1 aliphatic rings. The minimum absolute atomic E-state index is 0.251. The van der Waals surface area contributed by atoms with Gasteiger partial charge < -0.3 is 0 Å². The Morgan fingerprint density at radius 3 is 2.67 bits per heavy atom. The summed E-state index contributed by atoms with van der Waals surface area (Å²) in [6.07, 6.45) is 1.40. The Morgan fingerprint density at radius 1 is 1.39 bits per heavy atom. The van der Waals surface area contributed by atoms with Crippen molar-refractivity contribution in [2.75, 3.05) is 0 Å². The number of hydrogen-bond acceptors (Lipinski definition) is 2. The van der Waals surface area contributed by atoms with Crippen LogP contribution < -0.4 is 5.32 Å². The molecule has 1 aromatic carbocycles. The predicted molar refractivity (Wildman–Crippen MR) is 65.6 cm³/mol. The van der Waals surface area contributed by atoms with E-state index < -0.39 is 5.92 Å². The number of hydrogen-bond donors (Lipinski definition) is 1. The lowest BCUT2D eigenvalue weighted by atomic mass is 9.88. The normalized spacial score (nSPS) is 19.8. The number of amides is 2. The van der Waals surface area contributed by atoms with Crippen molar-refractivity contribution in [3.8, 4) is 0 Å². The standard InChI is InChI=1S/C14H16FNO2/c1-3-10-8(2)6-9(7-12(10)15)11-4-5-13(17)16-14(11)18/h6-7,11H,3-5H2,1-2H3,(H,16,17,18). The van der Waals surface area contributed by atoms with E-state index in [1.54, 1.807) is 0 Å². The van der Waals surface area contributed by atoms with Gasteiger partial charge in [0.2, 0.25) is 11.8 Å². The molecule has 18 heavy (non-hydrogen) atoms. The highest BCUT2D eigenvalue weighted by molar-refractivity contribution is 6.00. The van der Waals surface area contributed by atoms with Gasteiger partial charge in [-0.2, -0.15) is 0 Å². The molecule has 96 valence electrons. The zero-order valence-electron chi connectivity index (χ0n) is 10.5. The fourth-order valence-corrected chi connectivity index (χ4v) is 2.46. The number of aryl methyl sites for hydroxylation is 1. The number of benzene rings is 1. The third kappa shape index (κ3) is 2.28. The average Bonchev–Trinajstić information content (AvgIpc) is 2.28. The maximum Gasteiger partial charge on any atom is 0.234 e. The number of carbonyl (C=O) groups excluding carboxylic acids is 2. The van der Waals surface area contributed by atoms with Gasteiger partial charge in [0, 0.05) is 6.42 Å². The fraction of sp³-hybridized carbons (Fsp3) is 0.429. The van der Waals surface area contributed by atoms with Crippen LogP contribution in [0.2, 0.25) is 0 Å². The molecule has 4 heteroatoms. The Kier molecular flexibility index (Phi) is 3.45. The van der Waals surface area contributed by atoms with E-state index in [1.807, 2.05) is 19.9 Å². The van der Waals surface area contributed by atoms with E-state index in [1.165, 1.54) is 6.07 Å². The second-order valence-electron chi connectivity index (χ2n) is 4.66. The molecule has 0 aromatic heterocycles. The van der Waals surface area contributed by atoms with E-state index >= 15 is 0 Å². The minimum atomic E-state index is -0.415. The molecular formula is C14H16FNO2. The second kappa shape index (κ2) is 4.88. The lowest BCUT2D eigenvalue weighted by Gasteiger charge is -2.22. The SMILES string of the molecule is CCc1c(C)cc(C2CCC(=O)NC2=O)cc1F. The van der Waals surface area contributed by atoms with Gasteiger partial charge in [-0.25, -0.2) is 4.39 Å². The van der Waals surface area contributed by atoms with Crippen molar-refractivity contribution in [2.24, 2.45) is 0 Å². The lowest BCUT2D eigenvalue weighted by Crippen LogP contribution is -2.39. The number of imide groups is 1. The number of rotatable bonds is 2. The van der Waals surface area contributed by atoms with Crippen molar-refractivity contribution >= 4 is 11.8 Å². The number of piperidine rings is 1. The summed E-state index contributed by atoms with van der Waals surface area (Å²) in [6, 6.07) is 3.27. The molecule has 1 aliphatic heterocycles. The van der Waals surface area contributed by atoms with Crippen molar-refractivity contribution < 1.29 is 14.0 Å². The zero-order valence-corrected chi connectivity index (χ0v) is 10.5. The van der Waals surface area contributed by atoms with Crippen molar-refractivity contribution in [1.29, 1.82) is 0 Å². The summed E-state index contributed by atoms with van der Waals surface area (Å²) in [6.45, 7) is 3.74. The molecule has 1 aromatic rings. The van der Waals surface area contributed by atoms with Crippen LogP contribution in [0.15, 0.2) is 12.1 Å². The Labute approximate surface area is 105 Å². The molecule has 1 heterocycles. The van der Waals surface area contributed by atoms with Crippen molar-refractivity contribution in [3.05, 3.63) is 34.6 Å². The topological polar surface area (TPSA) is 46.2 Å². The summed E-state index contributed by atoms with van der Waals surface area (Å²) < 4.78 is 13.9. The molecule has 1 N–H and O–H groups in total. The third-order valence-corrected chi connectivity index (χ3v) is 3.44. The Hall–Kier alpha value is -1.71. The van der Waals surface area contributed by atoms with Crippen LogP contribution in [0.4, 0.5) is 4.39 Å². The van der Waals surface area contributed by atoms with Gasteiger partial charge in [-0.1, -0.05) is 13.0 Å². The Morgan fingerprint density at radius 2 is 2.11 bits per heavy atom. The lowest BCUT2D eigenvalue weighted by molar-refractivity contribution is -0.134. The van der Waals surface area contributed by atoms with Crippen LogP contribution in [-0.4, -0.2) is 11.8 Å². The summed E-state index contributed by atoms with van der Waals surface area (Å²) in [5.41, 5.74) is 2.20. The van der Waals surface area contributed by atoms with E-state index in [0.29, 0.717) is 30.4 Å². The first-order valence-electron chi connectivity index (χ1n) is 6.15. The second-order valence-corrected chi connectivity index (χ2v) is 4.66. The first-order chi connectivity index (χ1) is 8.52. The summed E-state index contributed by atoms with van der Waals surface area (Å²) in [7, 11) is 0. The first kappa shape index (κ1) is 12.7. The van der Waals surface area contributed by atoms with E-state index in [-0.39, 0.29) is 17.6 Å². The maximum atomic E-state index is 13.9. The van der Waals surface area contributed by atoms with Crippen molar-refractivity contribution in [2.45, 2.75) is 39.0 Å². The molecule has 2 rings (SSSR count). The van der Waals surface area contributed by atoms with Crippen molar-refractivity contribution in [1.82, 2.24) is 5.32 Å². The highest BCUT2D eigenvalue weighted by Crippen LogP contribution is 2.28. The molecule has 0 radical (unpaired) electrons. The van der Waals surface area contributed by atoms with Gasteiger partial charge in [-0.3, -0.25) is 14.9 Å². The first-order valence-corrected chi connectivity index (χ1v) is 6.15. The van der Waals surface area contributed by atoms with Crippen LogP contribution in [0.25, 0.3) is 0 Å². The quantitative estimate of drug-likeness (QED) is 0.817. The summed E-state index contributed by atoms with van der Waals surface area (Å²) in [5.74, 6) is -1.26. The molecule has 2 amide bonds. The summed E-state index contributed by atoms with van der Waals surface area (Å²) >= 11 is 0. The van der Waals surface area contributed by atoms with Crippen LogP contribution in [0, 0.1) is 12.7 Å². The van der Waals surface area contributed by atoms with E-state index in [9.17, 15) is 14.0 Å². The molecule has 1 saturated heterocycles. The van der Waals surface area contributed by atoms with E-state index in [0.717, 1.165) is 5.56 Å². The third-order valence-electron chi connectivity index (χ3n) is 3.44. The zero-order chi connectivity index (χ0) is 13.3. The largest absolute Gasteiger partial charge is 0.296 e. The van der Waals surface area contributed by atoms with Crippen LogP contribution in [0.5, 0.6) is 0 Å². The van der Waals surface area contributed by atoms with E-state index in [4.69, 9.17) is 0 Å². The van der Waals surface area contributed by atoms with Gasteiger partial charge in [0.1, 0.15) is 5.82 Å². The van der Waals surface area contributed by atoms with Gasteiger partial charge in [0.15, 0.2) is 0 Å². The van der Waals surface area contributed by atoms with Gasteiger partial charge >= 0.3 is 0 Å². The van der Waals surface area contributed by atoms with Crippen LogP contribution in [0.1, 0.15) is 42.4 Å². The van der Waals surface area contributed by atoms with Gasteiger partial charge in [0.25, 0.3) is 0 Å². The molecule has 0 aliphatic carbocycles. The molecular weight excluding hydrogens is 233 g/mol. The fourth-order valence-electron chi connectivity index (χ4n) is 2.46. The Bertz CT molecular complexity index is 488. The monoisotopic (exact) mass is 249 g/mol. The highest BCUT2D eigenvalue weighted by Gasteiger charge is 2.28. The van der Waals surface area contributed by atoms with Crippen LogP contribution >= 0.6 is 0 Å². The van der Waals surface area contributed by atoms with Gasteiger partial charge in [-0.05, 0) is 42.5 Å². The molecule has 1 unspecified atom stereocenters. The smallest absolute Gasteiger partial charge is 0.234 e. The number of carbonyl (C=O) groups is 2. The molecule has 1 atom stereocenters. The number of halogens is 1. The van der Waals surface area contributed by atoms with Crippen molar-refractivity contribution in [3.63, 3.8) is 0 Å². The van der Waals surface area contributed by atoms with Crippen LogP contribution in [0.3, 0.4) is 0 Å². The number of nitrogens with one attached hydrogen (secondary N) is 1.